The first-order valence-electron chi connectivity index (χ1n) is 5.25. The number of hydrogen-bond donors (Lipinski definition) is 1. The Morgan fingerprint density at radius 1 is 1.47 bits per heavy atom. The number of pyridine rings is 1. The van der Waals surface area contributed by atoms with Crippen molar-refractivity contribution in [1.29, 1.82) is 0 Å². The molecule has 1 aliphatic carbocycles. The van der Waals surface area contributed by atoms with Crippen LogP contribution in [0.25, 0.3) is 0 Å². The van der Waals surface area contributed by atoms with Gasteiger partial charge in [0.1, 0.15) is 22.7 Å². The predicted molar refractivity (Wildman–Crippen MR) is 58.5 cm³/mol. The lowest BCUT2D eigenvalue weighted by Gasteiger charge is -2.31. The number of aliphatic hydroxyl groups is 1. The molecule has 6 heteroatoms. The van der Waals surface area contributed by atoms with Gasteiger partial charge in [-0.1, -0.05) is 11.6 Å². The SMILES string of the molecule is CC(F)(F)c1cc(OC2CC(O)C2)cc(Cl)n1. The van der Waals surface area contributed by atoms with E-state index in [1.54, 1.807) is 0 Å². The van der Waals surface area contributed by atoms with Crippen molar-refractivity contribution in [3.63, 3.8) is 0 Å². The van der Waals surface area contributed by atoms with Crippen molar-refractivity contribution < 1.29 is 18.6 Å². The molecule has 0 amide bonds. The molecule has 0 atom stereocenters. The number of aromatic nitrogens is 1. The second-order valence-electron chi connectivity index (χ2n) is 4.26. The summed E-state index contributed by atoms with van der Waals surface area (Å²) in [6, 6.07) is 2.57. The first-order chi connectivity index (χ1) is 7.84. The van der Waals surface area contributed by atoms with E-state index in [4.69, 9.17) is 21.4 Å². The molecule has 1 aromatic rings. The van der Waals surface area contributed by atoms with Crippen molar-refractivity contribution in [2.75, 3.05) is 0 Å². The fourth-order valence-corrected chi connectivity index (χ4v) is 1.79. The minimum absolute atomic E-state index is 0.0288. The van der Waals surface area contributed by atoms with Crippen molar-refractivity contribution in [2.24, 2.45) is 0 Å². The van der Waals surface area contributed by atoms with Gasteiger partial charge in [-0.25, -0.2) is 4.98 Å². The average Bonchev–Trinajstić information content (AvgIpc) is 2.13. The highest BCUT2D eigenvalue weighted by Gasteiger charge is 2.31. The van der Waals surface area contributed by atoms with Crippen LogP contribution >= 0.6 is 11.6 Å². The lowest BCUT2D eigenvalue weighted by atomic mass is 9.92. The molecule has 1 saturated carbocycles. The fourth-order valence-electron chi connectivity index (χ4n) is 1.59. The maximum Gasteiger partial charge on any atom is 0.287 e. The second-order valence-corrected chi connectivity index (χ2v) is 4.65. The van der Waals surface area contributed by atoms with Crippen molar-refractivity contribution in [3.8, 4) is 5.75 Å². The topological polar surface area (TPSA) is 42.4 Å². The van der Waals surface area contributed by atoms with Crippen molar-refractivity contribution in [1.82, 2.24) is 4.98 Å². The summed E-state index contributed by atoms with van der Waals surface area (Å²) in [5.74, 6) is -2.79. The van der Waals surface area contributed by atoms with Crippen LogP contribution in [0.15, 0.2) is 12.1 Å². The van der Waals surface area contributed by atoms with Gasteiger partial charge in [0.2, 0.25) is 0 Å². The van der Waals surface area contributed by atoms with Gasteiger partial charge in [-0.15, -0.1) is 0 Å². The molecule has 0 bridgehead atoms. The molecule has 1 N–H and O–H groups in total. The van der Waals surface area contributed by atoms with Crippen molar-refractivity contribution in [2.45, 2.75) is 37.9 Å². The van der Waals surface area contributed by atoms with E-state index >= 15 is 0 Å². The Balaban J connectivity index is 2.14. The van der Waals surface area contributed by atoms with Gasteiger partial charge in [0, 0.05) is 31.9 Å². The molecule has 1 aromatic heterocycles. The van der Waals surface area contributed by atoms with E-state index in [0.29, 0.717) is 12.8 Å². The summed E-state index contributed by atoms with van der Waals surface area (Å²) in [6.45, 7) is 0.753. The van der Waals surface area contributed by atoms with Crippen LogP contribution in [-0.4, -0.2) is 22.3 Å². The van der Waals surface area contributed by atoms with Crippen LogP contribution in [0.2, 0.25) is 5.15 Å². The van der Waals surface area contributed by atoms with E-state index in [1.807, 2.05) is 0 Å². The Morgan fingerprint density at radius 2 is 2.12 bits per heavy atom. The molecule has 1 heterocycles. The van der Waals surface area contributed by atoms with Gasteiger partial charge < -0.3 is 9.84 Å². The van der Waals surface area contributed by atoms with E-state index in [9.17, 15) is 8.78 Å². The van der Waals surface area contributed by atoms with Gasteiger partial charge in [-0.3, -0.25) is 0 Å². The number of nitrogens with zero attached hydrogens (tertiary/aromatic N) is 1. The highest BCUT2D eigenvalue weighted by molar-refractivity contribution is 6.29. The number of ether oxygens (including phenoxy) is 1. The monoisotopic (exact) mass is 263 g/mol. The summed E-state index contributed by atoms with van der Waals surface area (Å²) in [4.78, 5) is 3.56. The lowest BCUT2D eigenvalue weighted by molar-refractivity contribution is -0.0122. The van der Waals surface area contributed by atoms with Crippen molar-refractivity contribution >= 4 is 11.6 Å². The standard InChI is InChI=1S/C11H12ClF2NO2/c1-11(13,14)9-4-8(5-10(12)15-9)17-7-2-6(16)3-7/h4-7,16H,2-3H2,1H3. The third-order valence-electron chi connectivity index (χ3n) is 2.59. The number of hydrogen-bond acceptors (Lipinski definition) is 3. The molecule has 1 aliphatic rings. The summed E-state index contributed by atoms with van der Waals surface area (Å²) in [5, 5.41) is 9.07. The molecule has 94 valence electrons. The summed E-state index contributed by atoms with van der Waals surface area (Å²) in [6.07, 6.45) is 0.529. The average molecular weight is 264 g/mol. The molecular formula is C11H12ClF2NO2. The van der Waals surface area contributed by atoms with Crippen LogP contribution in [0.3, 0.4) is 0 Å². The first-order valence-corrected chi connectivity index (χ1v) is 5.63. The molecule has 0 aliphatic heterocycles. The molecule has 17 heavy (non-hydrogen) atoms. The third-order valence-corrected chi connectivity index (χ3v) is 2.78. The third kappa shape index (κ3) is 3.04. The zero-order valence-electron chi connectivity index (χ0n) is 9.16. The van der Waals surface area contributed by atoms with Gasteiger partial charge in [-0.05, 0) is 0 Å². The predicted octanol–water partition coefficient (Wildman–Crippen LogP) is 2.75. The molecule has 2 rings (SSSR count). The summed E-state index contributed by atoms with van der Waals surface area (Å²) < 4.78 is 31.6. The largest absolute Gasteiger partial charge is 0.490 e. The van der Waals surface area contributed by atoms with Gasteiger partial charge in [-0.2, -0.15) is 8.78 Å². The van der Waals surface area contributed by atoms with Crippen LogP contribution in [0, 0.1) is 0 Å². The van der Waals surface area contributed by atoms with Gasteiger partial charge in [0.25, 0.3) is 5.92 Å². The zero-order valence-corrected chi connectivity index (χ0v) is 9.92. The molecule has 0 spiro atoms. The fraction of sp³-hybridized carbons (Fsp3) is 0.545. The van der Waals surface area contributed by atoms with Crippen LogP contribution in [-0.2, 0) is 5.92 Å². The second kappa shape index (κ2) is 4.38. The first kappa shape index (κ1) is 12.5. The normalized spacial score (nSPS) is 24.3. The van der Waals surface area contributed by atoms with E-state index in [-0.39, 0.29) is 23.1 Å². The Hall–Kier alpha value is -0.940. The van der Waals surface area contributed by atoms with Crippen LogP contribution < -0.4 is 4.74 Å². The summed E-state index contributed by atoms with van der Waals surface area (Å²) in [7, 11) is 0. The molecule has 0 unspecified atom stereocenters. The quantitative estimate of drug-likeness (QED) is 0.853. The van der Waals surface area contributed by atoms with E-state index in [0.717, 1.165) is 6.92 Å². The van der Waals surface area contributed by atoms with Crippen LogP contribution in [0.5, 0.6) is 5.75 Å². The number of aliphatic hydroxyl groups excluding tert-OH is 1. The minimum atomic E-state index is -3.05. The zero-order chi connectivity index (χ0) is 12.6. The highest BCUT2D eigenvalue weighted by atomic mass is 35.5. The minimum Gasteiger partial charge on any atom is -0.490 e. The molecular weight excluding hydrogens is 252 g/mol. The molecule has 0 radical (unpaired) electrons. The molecule has 0 aromatic carbocycles. The number of rotatable bonds is 3. The van der Waals surface area contributed by atoms with Gasteiger partial charge in [0.15, 0.2) is 0 Å². The van der Waals surface area contributed by atoms with E-state index in [2.05, 4.69) is 4.98 Å². The Bertz CT molecular complexity index is 416. The molecule has 3 nitrogen and oxygen atoms in total. The van der Waals surface area contributed by atoms with E-state index < -0.39 is 11.6 Å². The number of halogens is 3. The smallest absolute Gasteiger partial charge is 0.287 e. The van der Waals surface area contributed by atoms with Crippen molar-refractivity contribution in [3.05, 3.63) is 23.0 Å². The Labute approximate surface area is 102 Å². The van der Waals surface area contributed by atoms with E-state index in [1.165, 1.54) is 12.1 Å². The molecule has 1 fully saturated rings. The Morgan fingerprint density at radius 3 is 2.65 bits per heavy atom. The summed E-state index contributed by atoms with van der Waals surface area (Å²) >= 11 is 5.66. The lowest BCUT2D eigenvalue weighted by Crippen LogP contribution is -2.37. The maximum atomic E-state index is 13.1. The maximum absolute atomic E-state index is 13.1. The number of alkyl halides is 2. The van der Waals surface area contributed by atoms with Gasteiger partial charge >= 0.3 is 0 Å². The summed E-state index contributed by atoms with van der Waals surface area (Å²) in [5.41, 5.74) is -0.417. The highest BCUT2D eigenvalue weighted by Crippen LogP contribution is 2.32. The molecule has 0 saturated heterocycles. The van der Waals surface area contributed by atoms with Crippen LogP contribution in [0.4, 0.5) is 8.78 Å². The van der Waals surface area contributed by atoms with Gasteiger partial charge in [0.05, 0.1) is 6.10 Å². The van der Waals surface area contributed by atoms with Crippen LogP contribution in [0.1, 0.15) is 25.5 Å². The Kier molecular flexibility index (Phi) is 3.23.